The molecule has 0 bridgehead atoms. The summed E-state index contributed by atoms with van der Waals surface area (Å²) >= 11 is 0. The minimum absolute atomic E-state index is 0.0710. The maximum Gasteiger partial charge on any atom is 0.0544 e. The second kappa shape index (κ2) is 6.57. The number of fused-ring (bicyclic) bond motifs is 3. The topological polar surface area (TPSA) is 79.4 Å². The van der Waals surface area contributed by atoms with Crippen LogP contribution in [0.25, 0.3) is 0 Å². The van der Waals surface area contributed by atoms with Crippen molar-refractivity contribution in [2.75, 3.05) is 13.2 Å². The molecule has 0 aliphatic heterocycles. The zero-order valence-corrected chi connectivity index (χ0v) is 16.2. The number of aliphatic hydroxyl groups excluding tert-OH is 2. The summed E-state index contributed by atoms with van der Waals surface area (Å²) in [5.41, 5.74) is 9.30. The normalized spacial score (nSPS) is 45.2. The number of hydrogen-bond acceptors (Lipinski definition) is 4. The Balaban J connectivity index is 1.67. The minimum Gasteiger partial charge on any atom is -0.396 e. The van der Waals surface area contributed by atoms with Crippen molar-refractivity contribution in [1.82, 2.24) is 4.98 Å². The van der Waals surface area contributed by atoms with Crippen LogP contribution in [0.1, 0.15) is 57.2 Å². The summed E-state index contributed by atoms with van der Waals surface area (Å²) in [7, 11) is 0. The van der Waals surface area contributed by atoms with Gasteiger partial charge in [0.2, 0.25) is 0 Å². The maximum absolute atomic E-state index is 10.1. The van der Waals surface area contributed by atoms with Crippen LogP contribution in [0.2, 0.25) is 0 Å². The van der Waals surface area contributed by atoms with Gasteiger partial charge in [0.1, 0.15) is 0 Å². The van der Waals surface area contributed by atoms with Gasteiger partial charge >= 0.3 is 0 Å². The molecule has 26 heavy (non-hydrogen) atoms. The van der Waals surface area contributed by atoms with Gasteiger partial charge in [0.25, 0.3) is 0 Å². The highest BCUT2D eigenvalue weighted by Gasteiger charge is 2.57. The molecule has 3 aliphatic carbocycles. The van der Waals surface area contributed by atoms with Crippen LogP contribution in [0.3, 0.4) is 0 Å². The first kappa shape index (κ1) is 18.4. The van der Waals surface area contributed by atoms with E-state index in [0.717, 1.165) is 38.5 Å². The van der Waals surface area contributed by atoms with Crippen molar-refractivity contribution in [3.05, 3.63) is 29.6 Å². The fraction of sp³-hybridized carbons (Fsp3) is 0.773. The van der Waals surface area contributed by atoms with Crippen LogP contribution in [-0.4, -0.2) is 34.5 Å². The van der Waals surface area contributed by atoms with Gasteiger partial charge < -0.3 is 15.9 Å². The van der Waals surface area contributed by atoms with E-state index in [1.54, 1.807) is 0 Å². The molecule has 144 valence electrons. The van der Waals surface area contributed by atoms with E-state index in [-0.39, 0.29) is 29.5 Å². The number of aliphatic hydroxyl groups is 2. The average Bonchev–Trinajstić information content (AvgIpc) is 2.95. The van der Waals surface area contributed by atoms with Gasteiger partial charge in [-0.05, 0) is 85.8 Å². The molecule has 3 aliphatic rings. The van der Waals surface area contributed by atoms with Crippen LogP contribution in [-0.2, 0) is 11.8 Å². The highest BCUT2D eigenvalue weighted by Crippen LogP contribution is 2.60. The molecule has 1 heterocycles. The molecular weight excluding hydrogens is 324 g/mol. The molecule has 4 rings (SSSR count). The second-order valence-electron chi connectivity index (χ2n) is 9.60. The van der Waals surface area contributed by atoms with Crippen molar-refractivity contribution in [3.63, 3.8) is 0 Å². The highest BCUT2D eigenvalue weighted by molar-refractivity contribution is 5.36. The van der Waals surface area contributed by atoms with Gasteiger partial charge in [-0.1, -0.05) is 19.9 Å². The molecule has 2 fully saturated rings. The Bertz CT molecular complexity index is 665. The summed E-state index contributed by atoms with van der Waals surface area (Å²) in [4.78, 5) is 4.77. The van der Waals surface area contributed by atoms with Crippen molar-refractivity contribution in [1.29, 1.82) is 0 Å². The Labute approximate surface area is 157 Å². The number of nitrogens with two attached hydrogens (primary N) is 1. The number of pyridine rings is 1. The number of rotatable bonds is 3. The molecule has 0 aromatic carbocycles. The van der Waals surface area contributed by atoms with E-state index >= 15 is 0 Å². The van der Waals surface area contributed by atoms with Crippen LogP contribution in [0.15, 0.2) is 18.3 Å². The summed E-state index contributed by atoms with van der Waals surface area (Å²) in [5.74, 6) is 1.69. The molecule has 4 heteroatoms. The lowest BCUT2D eigenvalue weighted by Gasteiger charge is -2.56. The van der Waals surface area contributed by atoms with Crippen LogP contribution in [0, 0.1) is 29.1 Å². The first-order valence-electron chi connectivity index (χ1n) is 10.4. The zero-order valence-electron chi connectivity index (χ0n) is 16.2. The Morgan fingerprint density at radius 3 is 2.77 bits per heavy atom. The standard InChI is InChI=1S/C22H34N2O2/c1-21(7-5-16(26)11-15(21)13-25)18-6-8-22(2)19(17(18)12-23)10-14-4-3-9-24-20(14)22/h3-4,9,15-19,25-26H,5-8,10-13,23H2,1-2H3. The summed E-state index contributed by atoms with van der Waals surface area (Å²) in [6.45, 7) is 5.63. The van der Waals surface area contributed by atoms with Crippen LogP contribution < -0.4 is 5.73 Å². The van der Waals surface area contributed by atoms with Crippen molar-refractivity contribution in [3.8, 4) is 0 Å². The Hall–Kier alpha value is -0.970. The van der Waals surface area contributed by atoms with Gasteiger partial charge in [-0.2, -0.15) is 0 Å². The summed E-state index contributed by atoms with van der Waals surface area (Å²) < 4.78 is 0. The van der Waals surface area contributed by atoms with E-state index in [2.05, 4.69) is 26.0 Å². The lowest BCUT2D eigenvalue weighted by atomic mass is 9.49. The van der Waals surface area contributed by atoms with E-state index < -0.39 is 0 Å². The predicted molar refractivity (Wildman–Crippen MR) is 103 cm³/mol. The lowest BCUT2D eigenvalue weighted by molar-refractivity contribution is -0.0873. The molecule has 7 unspecified atom stereocenters. The second-order valence-corrected chi connectivity index (χ2v) is 9.60. The fourth-order valence-electron chi connectivity index (χ4n) is 6.95. The van der Waals surface area contributed by atoms with Gasteiger partial charge in [0, 0.05) is 23.9 Å². The molecule has 0 spiro atoms. The van der Waals surface area contributed by atoms with Gasteiger partial charge in [-0.25, -0.2) is 0 Å². The first-order valence-corrected chi connectivity index (χ1v) is 10.4. The molecular formula is C22H34N2O2. The quantitative estimate of drug-likeness (QED) is 0.776. The Morgan fingerprint density at radius 1 is 1.23 bits per heavy atom. The van der Waals surface area contributed by atoms with Crippen LogP contribution in [0.4, 0.5) is 0 Å². The third-order valence-corrected chi connectivity index (χ3v) is 8.54. The molecule has 1 aromatic heterocycles. The van der Waals surface area contributed by atoms with Crippen LogP contribution >= 0.6 is 0 Å². The predicted octanol–water partition coefficient (Wildman–Crippen LogP) is 2.66. The summed E-state index contributed by atoms with van der Waals surface area (Å²) in [6, 6.07) is 4.30. The van der Waals surface area contributed by atoms with Crippen molar-refractivity contribution >= 4 is 0 Å². The zero-order chi connectivity index (χ0) is 18.5. The third kappa shape index (κ3) is 2.56. The highest BCUT2D eigenvalue weighted by atomic mass is 16.3. The molecule has 0 amide bonds. The largest absolute Gasteiger partial charge is 0.396 e. The molecule has 0 radical (unpaired) electrons. The Morgan fingerprint density at radius 2 is 2.04 bits per heavy atom. The first-order chi connectivity index (χ1) is 12.4. The number of hydrogen-bond donors (Lipinski definition) is 3. The lowest BCUT2D eigenvalue weighted by Crippen LogP contribution is -2.54. The average molecular weight is 359 g/mol. The third-order valence-electron chi connectivity index (χ3n) is 8.54. The van der Waals surface area contributed by atoms with Crippen molar-refractivity contribution in [2.45, 2.75) is 63.9 Å². The van der Waals surface area contributed by atoms with E-state index in [9.17, 15) is 10.2 Å². The maximum atomic E-state index is 10.1. The minimum atomic E-state index is -0.259. The van der Waals surface area contributed by atoms with E-state index in [1.165, 1.54) is 11.3 Å². The van der Waals surface area contributed by atoms with E-state index in [4.69, 9.17) is 10.7 Å². The van der Waals surface area contributed by atoms with Crippen molar-refractivity contribution in [2.24, 2.45) is 34.8 Å². The van der Waals surface area contributed by atoms with Crippen molar-refractivity contribution < 1.29 is 10.2 Å². The number of nitrogens with zero attached hydrogens (tertiary/aromatic N) is 1. The van der Waals surface area contributed by atoms with Gasteiger partial charge in [-0.3, -0.25) is 4.98 Å². The van der Waals surface area contributed by atoms with E-state index in [1.807, 2.05) is 6.20 Å². The SMILES string of the molecule is CC12CCC(C3(C)CCC(O)CC3CO)C(CN)C1Cc1cccnc12. The fourth-order valence-corrected chi connectivity index (χ4v) is 6.95. The summed E-state index contributed by atoms with van der Waals surface area (Å²) in [6.07, 6.45) is 7.63. The molecule has 2 saturated carbocycles. The molecule has 4 nitrogen and oxygen atoms in total. The van der Waals surface area contributed by atoms with E-state index in [0.29, 0.717) is 24.3 Å². The van der Waals surface area contributed by atoms with Gasteiger partial charge in [0.05, 0.1) is 6.10 Å². The van der Waals surface area contributed by atoms with Gasteiger partial charge in [-0.15, -0.1) is 0 Å². The Kier molecular flexibility index (Phi) is 4.65. The van der Waals surface area contributed by atoms with Gasteiger partial charge in [0.15, 0.2) is 0 Å². The molecule has 1 aromatic rings. The molecule has 4 N–H and O–H groups in total. The smallest absolute Gasteiger partial charge is 0.0544 e. The van der Waals surface area contributed by atoms with Crippen LogP contribution in [0.5, 0.6) is 0 Å². The number of aromatic nitrogens is 1. The monoisotopic (exact) mass is 358 g/mol. The summed E-state index contributed by atoms with van der Waals surface area (Å²) in [5, 5.41) is 20.2. The molecule has 0 saturated heterocycles. The molecule has 7 atom stereocenters.